The number of amides is 2. The van der Waals surface area contributed by atoms with Crippen molar-refractivity contribution >= 4 is 40.3 Å². The van der Waals surface area contributed by atoms with Gasteiger partial charge in [-0.05, 0) is 53.5 Å². The fourth-order valence-electron chi connectivity index (χ4n) is 8.94. The van der Waals surface area contributed by atoms with Gasteiger partial charge in [-0.25, -0.2) is 0 Å². The number of rotatable bonds is 6. The predicted octanol–water partition coefficient (Wildman–Crippen LogP) is 6.49. The number of phenols is 1. The summed E-state index contributed by atoms with van der Waals surface area (Å²) in [7, 11) is 1.51. The summed E-state index contributed by atoms with van der Waals surface area (Å²) < 4.78 is 5.85. The molecule has 3 aromatic carbocycles. The summed E-state index contributed by atoms with van der Waals surface area (Å²) in [6, 6.07) is 27.3. The molecular formula is C40H33NO6S. The lowest BCUT2D eigenvalue weighted by Gasteiger charge is -2.55. The van der Waals surface area contributed by atoms with E-state index in [4.69, 9.17) is 4.74 Å². The highest BCUT2D eigenvalue weighted by Crippen LogP contribution is 2.64. The van der Waals surface area contributed by atoms with Crippen molar-refractivity contribution < 1.29 is 29.0 Å². The van der Waals surface area contributed by atoms with Gasteiger partial charge in [0.25, 0.3) is 0 Å². The molecule has 240 valence electrons. The van der Waals surface area contributed by atoms with Gasteiger partial charge in [0.05, 0.1) is 30.9 Å². The van der Waals surface area contributed by atoms with Gasteiger partial charge in [-0.1, -0.05) is 84.4 Å². The Kier molecular flexibility index (Phi) is 7.29. The first-order chi connectivity index (χ1) is 23.3. The molecule has 0 bridgehead atoms. The lowest BCUT2D eigenvalue weighted by atomic mass is 9.44. The number of carbonyl (C=O) groups is 4. The highest BCUT2D eigenvalue weighted by atomic mass is 32.1. The molecule has 1 saturated heterocycles. The maximum absolute atomic E-state index is 15.1. The summed E-state index contributed by atoms with van der Waals surface area (Å²) in [6.07, 6.45) is 4.12. The molecule has 1 aliphatic heterocycles. The van der Waals surface area contributed by atoms with Gasteiger partial charge in [0, 0.05) is 33.9 Å². The Morgan fingerprint density at radius 2 is 1.65 bits per heavy atom. The zero-order chi connectivity index (χ0) is 33.2. The number of thiophene rings is 1. The number of imide groups is 1. The summed E-state index contributed by atoms with van der Waals surface area (Å²) in [5, 5.41) is 12.4. The third kappa shape index (κ3) is 4.39. The van der Waals surface area contributed by atoms with Crippen LogP contribution in [0.1, 0.15) is 40.3 Å². The number of phenolic OH excluding ortho intramolecular Hbond substituents is 1. The van der Waals surface area contributed by atoms with E-state index in [0.29, 0.717) is 34.4 Å². The van der Waals surface area contributed by atoms with E-state index in [2.05, 4.69) is 0 Å². The molecule has 7 nitrogen and oxygen atoms in total. The highest BCUT2D eigenvalue weighted by molar-refractivity contribution is 7.09. The van der Waals surface area contributed by atoms with Crippen molar-refractivity contribution in [2.45, 2.75) is 30.7 Å². The minimum Gasteiger partial charge on any atom is -0.508 e. The number of fused-ring (bicyclic) bond motifs is 4. The van der Waals surface area contributed by atoms with Gasteiger partial charge < -0.3 is 9.84 Å². The van der Waals surface area contributed by atoms with Crippen molar-refractivity contribution in [2.24, 2.45) is 23.7 Å². The molecule has 4 aromatic rings. The number of aromatic hydroxyl groups is 1. The zero-order valence-electron chi connectivity index (χ0n) is 26.2. The molecule has 4 aliphatic rings. The third-order valence-electron chi connectivity index (χ3n) is 10.9. The number of ether oxygens (including phenoxy) is 1. The minimum atomic E-state index is -1.36. The summed E-state index contributed by atoms with van der Waals surface area (Å²) >= 11 is 1.50. The topological polar surface area (TPSA) is 101 Å². The Morgan fingerprint density at radius 3 is 2.35 bits per heavy atom. The summed E-state index contributed by atoms with van der Waals surface area (Å²) in [4.78, 5) is 60.6. The Morgan fingerprint density at radius 1 is 0.896 bits per heavy atom. The number of hydrogen-bond donors (Lipinski definition) is 1. The first kappa shape index (κ1) is 30.3. The molecule has 48 heavy (non-hydrogen) atoms. The van der Waals surface area contributed by atoms with Gasteiger partial charge in [-0.3, -0.25) is 24.1 Å². The molecule has 8 heteroatoms. The van der Waals surface area contributed by atoms with E-state index in [9.17, 15) is 19.5 Å². The number of likely N-dealkylation sites (tertiary alicyclic amines) is 1. The number of ketones is 2. The fourth-order valence-corrected chi connectivity index (χ4v) is 9.63. The quantitative estimate of drug-likeness (QED) is 0.188. The van der Waals surface area contributed by atoms with E-state index in [1.807, 2.05) is 84.3 Å². The normalized spacial score (nSPS) is 27.9. The summed E-state index contributed by atoms with van der Waals surface area (Å²) in [5.74, 6) is -3.63. The molecule has 3 aliphatic carbocycles. The standard InChI is InChI=1S/C40H33NO6S/c1-47-33-19-25(42)14-15-28(33)36-27-16-17-29-35(39(46)41(38(29)45)22-26-13-8-18-48-26)31(27)20-32-37(44)30(23-9-4-2-5-10-23)21-34(43)40(32,36)24-11-6-3-7-12-24/h2-16,18-19,21,29,31-32,35-36,42H,17,20,22H2,1H3. The molecule has 1 aromatic heterocycles. The van der Waals surface area contributed by atoms with Crippen molar-refractivity contribution in [1.82, 2.24) is 4.90 Å². The van der Waals surface area contributed by atoms with Crippen molar-refractivity contribution in [3.8, 4) is 11.5 Å². The number of methoxy groups -OCH3 is 1. The van der Waals surface area contributed by atoms with Gasteiger partial charge >= 0.3 is 0 Å². The lowest BCUT2D eigenvalue weighted by Crippen LogP contribution is -2.58. The van der Waals surface area contributed by atoms with Gasteiger partial charge in [0.2, 0.25) is 11.8 Å². The van der Waals surface area contributed by atoms with Crippen LogP contribution in [0.25, 0.3) is 5.57 Å². The number of Topliss-reactive ketones (excluding diaryl/α,β-unsaturated/α-hetero) is 1. The van der Waals surface area contributed by atoms with Crippen molar-refractivity contribution in [1.29, 1.82) is 0 Å². The van der Waals surface area contributed by atoms with Crippen LogP contribution in [-0.4, -0.2) is 40.5 Å². The predicted molar refractivity (Wildman–Crippen MR) is 181 cm³/mol. The molecular weight excluding hydrogens is 623 g/mol. The SMILES string of the molecule is COc1cc(O)ccc1C1C2=CCC3C(=O)N(Cc4cccs4)C(=O)C3C2CC2C(=O)C(c3ccccc3)=CC(=O)C21c1ccccc1. The number of hydrogen-bond acceptors (Lipinski definition) is 7. The van der Waals surface area contributed by atoms with E-state index in [1.54, 1.807) is 12.1 Å². The number of carbonyl (C=O) groups excluding carboxylic acids is 4. The molecule has 2 fully saturated rings. The number of benzene rings is 3. The molecule has 8 rings (SSSR count). The van der Waals surface area contributed by atoms with Gasteiger partial charge in [-0.2, -0.15) is 0 Å². The maximum atomic E-state index is 15.1. The van der Waals surface area contributed by atoms with Crippen molar-refractivity contribution in [3.05, 3.63) is 136 Å². The molecule has 6 unspecified atom stereocenters. The summed E-state index contributed by atoms with van der Waals surface area (Å²) in [5.41, 5.74) is 1.85. The van der Waals surface area contributed by atoms with Gasteiger partial charge in [-0.15, -0.1) is 11.3 Å². The maximum Gasteiger partial charge on any atom is 0.234 e. The van der Waals surface area contributed by atoms with E-state index in [0.717, 1.165) is 10.5 Å². The van der Waals surface area contributed by atoms with Crippen LogP contribution in [0.15, 0.2) is 114 Å². The zero-order valence-corrected chi connectivity index (χ0v) is 27.1. The van der Waals surface area contributed by atoms with E-state index < -0.39 is 35.0 Å². The van der Waals surface area contributed by atoms with Crippen LogP contribution in [0.2, 0.25) is 0 Å². The smallest absolute Gasteiger partial charge is 0.234 e. The van der Waals surface area contributed by atoms with E-state index in [1.165, 1.54) is 35.5 Å². The average molecular weight is 656 g/mol. The Balaban J connectivity index is 1.36. The molecule has 1 saturated carbocycles. The first-order valence-corrected chi connectivity index (χ1v) is 17.1. The fraction of sp³-hybridized carbons (Fsp3) is 0.250. The van der Waals surface area contributed by atoms with Crippen LogP contribution in [-0.2, 0) is 31.1 Å². The minimum absolute atomic E-state index is 0.00375. The van der Waals surface area contributed by atoms with Crippen LogP contribution >= 0.6 is 11.3 Å². The Labute approximate surface area is 282 Å². The monoisotopic (exact) mass is 655 g/mol. The van der Waals surface area contributed by atoms with Crippen molar-refractivity contribution in [2.75, 3.05) is 7.11 Å². The Hall–Kier alpha value is -5.08. The van der Waals surface area contributed by atoms with Crippen LogP contribution < -0.4 is 4.74 Å². The molecule has 2 amide bonds. The number of allylic oxidation sites excluding steroid dienone is 4. The van der Waals surface area contributed by atoms with E-state index >= 15 is 4.79 Å². The van der Waals surface area contributed by atoms with E-state index in [-0.39, 0.29) is 42.1 Å². The van der Waals surface area contributed by atoms with Crippen LogP contribution in [0, 0.1) is 23.7 Å². The summed E-state index contributed by atoms with van der Waals surface area (Å²) in [6.45, 7) is 0.218. The van der Waals surface area contributed by atoms with Crippen LogP contribution in [0.4, 0.5) is 0 Å². The highest BCUT2D eigenvalue weighted by Gasteiger charge is 2.66. The third-order valence-corrected chi connectivity index (χ3v) is 11.7. The second kappa shape index (κ2) is 11.6. The molecule has 0 spiro atoms. The number of nitrogens with zero attached hydrogens (tertiary/aromatic N) is 1. The van der Waals surface area contributed by atoms with Gasteiger partial charge in [0.1, 0.15) is 11.5 Å². The lowest BCUT2D eigenvalue weighted by molar-refractivity contribution is -0.141. The average Bonchev–Trinajstić information content (AvgIpc) is 3.72. The molecule has 6 atom stereocenters. The second-order valence-electron chi connectivity index (χ2n) is 13.1. The van der Waals surface area contributed by atoms with Crippen LogP contribution in [0.5, 0.6) is 11.5 Å². The van der Waals surface area contributed by atoms with Crippen LogP contribution in [0.3, 0.4) is 0 Å². The second-order valence-corrected chi connectivity index (χ2v) is 14.1. The van der Waals surface area contributed by atoms with Crippen molar-refractivity contribution in [3.63, 3.8) is 0 Å². The molecule has 0 radical (unpaired) electrons. The first-order valence-electron chi connectivity index (χ1n) is 16.2. The molecule has 2 heterocycles. The largest absolute Gasteiger partial charge is 0.508 e. The molecule has 1 N–H and O–H groups in total. The van der Waals surface area contributed by atoms with Gasteiger partial charge in [0.15, 0.2) is 11.6 Å². The Bertz CT molecular complexity index is 2020.